The third kappa shape index (κ3) is 1.49. The smallest absolute Gasteiger partial charge is 0.171 e. The van der Waals surface area contributed by atoms with Crippen molar-refractivity contribution in [3.63, 3.8) is 0 Å². The number of hydrogen-bond donors (Lipinski definition) is 0. The van der Waals surface area contributed by atoms with Crippen molar-refractivity contribution in [2.75, 3.05) is 0 Å². The molecular weight excluding hydrogens is 321 g/mol. The maximum Gasteiger partial charge on any atom is 0.171 e. The zero-order valence-electron chi connectivity index (χ0n) is 6.55. The molecule has 0 aliphatic heterocycles. The third-order valence-electron chi connectivity index (χ3n) is 1.59. The Morgan fingerprint density at radius 2 is 2.00 bits per heavy atom. The van der Waals surface area contributed by atoms with Gasteiger partial charge in [0.25, 0.3) is 0 Å². The third-order valence-corrected chi connectivity index (χ3v) is 3.26. The Morgan fingerprint density at radius 1 is 1.31 bits per heavy atom. The number of aryl methyl sites for hydroxylation is 1. The fraction of sp³-hybridized carbons (Fsp3) is 0.143. The van der Waals surface area contributed by atoms with Crippen LogP contribution in [0.4, 0.5) is 0 Å². The molecule has 2 aromatic rings. The molecule has 0 N–H and O–H groups in total. The molecule has 13 heavy (non-hydrogen) atoms. The molecule has 0 aromatic carbocycles. The van der Waals surface area contributed by atoms with Crippen molar-refractivity contribution in [1.29, 1.82) is 0 Å². The molecule has 6 heteroatoms. The second-order valence-electron chi connectivity index (χ2n) is 2.56. The molecule has 0 aliphatic carbocycles. The predicted molar refractivity (Wildman–Crippen MR) is 58.1 cm³/mol. The van der Waals surface area contributed by atoms with Gasteiger partial charge in [-0.2, -0.15) is 0 Å². The lowest BCUT2D eigenvalue weighted by Gasteiger charge is -2.00. The normalized spacial score (nSPS) is 11.1. The highest BCUT2D eigenvalue weighted by Gasteiger charge is 2.10. The van der Waals surface area contributed by atoms with Gasteiger partial charge in [-0.3, -0.25) is 4.40 Å². The van der Waals surface area contributed by atoms with Crippen LogP contribution in [-0.4, -0.2) is 14.4 Å². The van der Waals surface area contributed by atoms with Crippen LogP contribution >= 0.6 is 43.5 Å². The molecule has 0 unspecified atom stereocenters. The molecule has 0 fully saturated rings. The predicted octanol–water partition coefficient (Wildman–Crippen LogP) is 3.22. The van der Waals surface area contributed by atoms with Crippen LogP contribution in [0.15, 0.2) is 15.4 Å². The molecule has 2 aromatic heterocycles. The molecular formula is C7H4Br2ClN3. The van der Waals surface area contributed by atoms with Crippen LogP contribution < -0.4 is 0 Å². The van der Waals surface area contributed by atoms with Crippen LogP contribution in [-0.2, 0) is 0 Å². The Bertz CT molecular complexity index is 480. The number of imidazole rings is 1. The molecule has 0 radical (unpaired) electrons. The van der Waals surface area contributed by atoms with E-state index in [0.29, 0.717) is 14.4 Å². The van der Waals surface area contributed by atoms with Crippen molar-refractivity contribution < 1.29 is 0 Å². The number of aromatic nitrogens is 3. The summed E-state index contributed by atoms with van der Waals surface area (Å²) in [6.07, 6.45) is 1.86. The zero-order valence-corrected chi connectivity index (χ0v) is 10.5. The molecule has 0 amide bonds. The number of rotatable bonds is 0. The SMILES string of the molecule is Cc1cn2c(Cl)c(Br)nc(Br)c2n1. The highest BCUT2D eigenvalue weighted by atomic mass is 79.9. The molecule has 3 nitrogen and oxygen atoms in total. The van der Waals surface area contributed by atoms with Crippen molar-refractivity contribution in [2.45, 2.75) is 6.92 Å². The summed E-state index contributed by atoms with van der Waals surface area (Å²) in [6, 6.07) is 0. The monoisotopic (exact) mass is 323 g/mol. The lowest BCUT2D eigenvalue weighted by atomic mass is 10.6. The van der Waals surface area contributed by atoms with E-state index in [1.807, 2.05) is 13.1 Å². The first kappa shape index (κ1) is 9.43. The minimum atomic E-state index is 0.527. The van der Waals surface area contributed by atoms with Gasteiger partial charge in [-0.15, -0.1) is 0 Å². The van der Waals surface area contributed by atoms with E-state index in [0.717, 1.165) is 11.3 Å². The second kappa shape index (κ2) is 3.22. The van der Waals surface area contributed by atoms with E-state index in [9.17, 15) is 0 Å². The van der Waals surface area contributed by atoms with Crippen LogP contribution in [0.25, 0.3) is 5.65 Å². The Balaban J connectivity index is 2.95. The van der Waals surface area contributed by atoms with Crippen LogP contribution in [0.5, 0.6) is 0 Å². The van der Waals surface area contributed by atoms with E-state index in [4.69, 9.17) is 11.6 Å². The summed E-state index contributed by atoms with van der Waals surface area (Å²) in [4.78, 5) is 8.40. The number of nitrogens with zero attached hydrogens (tertiary/aromatic N) is 3. The molecule has 68 valence electrons. The summed E-state index contributed by atoms with van der Waals surface area (Å²) < 4.78 is 3.06. The minimum Gasteiger partial charge on any atom is -0.285 e. The van der Waals surface area contributed by atoms with Crippen LogP contribution in [0.1, 0.15) is 5.69 Å². The van der Waals surface area contributed by atoms with Gasteiger partial charge in [0, 0.05) is 6.20 Å². The molecule has 2 heterocycles. The minimum absolute atomic E-state index is 0.527. The Labute approximate surface area is 96.4 Å². The van der Waals surface area contributed by atoms with Crippen molar-refractivity contribution in [2.24, 2.45) is 0 Å². The van der Waals surface area contributed by atoms with Gasteiger partial charge in [0.2, 0.25) is 0 Å². The topological polar surface area (TPSA) is 30.2 Å². The standard InChI is InChI=1S/C7H4Br2ClN3/c1-3-2-13-6(10)4(8)12-5(9)7(13)11-3/h2H,1H3. The fourth-order valence-corrected chi connectivity index (χ4v) is 2.31. The van der Waals surface area contributed by atoms with Gasteiger partial charge >= 0.3 is 0 Å². The molecule has 0 atom stereocenters. The average Bonchev–Trinajstić information content (AvgIpc) is 2.44. The Hall–Kier alpha value is -0.130. The van der Waals surface area contributed by atoms with E-state index >= 15 is 0 Å². The van der Waals surface area contributed by atoms with Crippen molar-refractivity contribution in [1.82, 2.24) is 14.4 Å². The Morgan fingerprint density at radius 3 is 2.69 bits per heavy atom. The van der Waals surface area contributed by atoms with Gasteiger partial charge in [-0.1, -0.05) is 11.6 Å². The Kier molecular flexibility index (Phi) is 2.33. The summed E-state index contributed by atoms with van der Waals surface area (Å²) in [5.41, 5.74) is 1.63. The first-order valence-corrected chi connectivity index (χ1v) is 5.42. The van der Waals surface area contributed by atoms with Gasteiger partial charge in [-0.25, -0.2) is 9.97 Å². The first-order valence-electron chi connectivity index (χ1n) is 3.46. The lowest BCUT2D eigenvalue weighted by molar-refractivity contribution is 1.08. The van der Waals surface area contributed by atoms with Crippen LogP contribution in [0.3, 0.4) is 0 Å². The highest BCUT2D eigenvalue weighted by Crippen LogP contribution is 2.26. The fourth-order valence-electron chi connectivity index (χ4n) is 1.07. The van der Waals surface area contributed by atoms with Crippen molar-refractivity contribution in [3.05, 3.63) is 26.3 Å². The summed E-state index contributed by atoms with van der Waals surface area (Å²) in [5.74, 6) is 0. The quantitative estimate of drug-likeness (QED) is 0.744. The highest BCUT2D eigenvalue weighted by molar-refractivity contribution is 9.11. The van der Waals surface area contributed by atoms with E-state index in [1.54, 1.807) is 4.40 Å². The average molecular weight is 325 g/mol. The van der Waals surface area contributed by atoms with E-state index < -0.39 is 0 Å². The molecule has 0 bridgehead atoms. The van der Waals surface area contributed by atoms with Gasteiger partial charge in [-0.05, 0) is 38.8 Å². The van der Waals surface area contributed by atoms with Gasteiger partial charge < -0.3 is 0 Å². The molecule has 0 saturated heterocycles. The maximum absolute atomic E-state index is 6.00. The van der Waals surface area contributed by atoms with Gasteiger partial charge in [0.05, 0.1) is 5.69 Å². The number of hydrogen-bond acceptors (Lipinski definition) is 2. The van der Waals surface area contributed by atoms with Gasteiger partial charge in [0.15, 0.2) is 10.3 Å². The van der Waals surface area contributed by atoms with Gasteiger partial charge in [0.1, 0.15) is 9.76 Å². The summed E-state index contributed by atoms with van der Waals surface area (Å²) in [6.45, 7) is 1.91. The van der Waals surface area contributed by atoms with E-state index in [2.05, 4.69) is 41.8 Å². The van der Waals surface area contributed by atoms with Crippen LogP contribution in [0, 0.1) is 6.92 Å². The van der Waals surface area contributed by atoms with Crippen LogP contribution in [0.2, 0.25) is 5.15 Å². The largest absolute Gasteiger partial charge is 0.285 e. The summed E-state index contributed by atoms with van der Waals surface area (Å²) >= 11 is 12.6. The second-order valence-corrected chi connectivity index (χ2v) is 4.42. The summed E-state index contributed by atoms with van der Waals surface area (Å²) in [7, 11) is 0. The van der Waals surface area contributed by atoms with E-state index in [1.165, 1.54) is 0 Å². The number of halogens is 3. The van der Waals surface area contributed by atoms with Crippen molar-refractivity contribution >= 4 is 49.1 Å². The lowest BCUT2D eigenvalue weighted by Crippen LogP contribution is -1.91. The molecule has 0 spiro atoms. The van der Waals surface area contributed by atoms with Crippen molar-refractivity contribution in [3.8, 4) is 0 Å². The molecule has 0 aliphatic rings. The number of fused-ring (bicyclic) bond motifs is 1. The zero-order chi connectivity index (χ0) is 9.59. The summed E-state index contributed by atoms with van der Waals surface area (Å²) in [5, 5.41) is 0.527. The molecule has 2 rings (SSSR count). The maximum atomic E-state index is 6.00. The van der Waals surface area contributed by atoms with E-state index in [-0.39, 0.29) is 0 Å². The first-order chi connectivity index (χ1) is 6.09. The molecule has 0 saturated carbocycles.